The first-order valence-corrected chi connectivity index (χ1v) is 7.37. The molecule has 0 radical (unpaired) electrons. The van der Waals surface area contributed by atoms with Gasteiger partial charge in [0.25, 0.3) is 0 Å². The number of furan rings is 1. The van der Waals surface area contributed by atoms with Crippen LogP contribution in [-0.2, 0) is 4.79 Å². The van der Waals surface area contributed by atoms with Crippen LogP contribution in [-0.4, -0.2) is 16.1 Å². The molecule has 6 heteroatoms. The van der Waals surface area contributed by atoms with Gasteiger partial charge in [0, 0.05) is 11.1 Å². The van der Waals surface area contributed by atoms with Gasteiger partial charge in [0.2, 0.25) is 5.91 Å². The summed E-state index contributed by atoms with van der Waals surface area (Å²) in [6.07, 6.45) is 3.43. The van der Waals surface area contributed by atoms with Gasteiger partial charge in [-0.1, -0.05) is 0 Å². The Morgan fingerprint density at radius 1 is 1.50 bits per heavy atom. The maximum Gasteiger partial charge on any atom is 0.243 e. The number of rotatable bonds is 2. The van der Waals surface area contributed by atoms with Crippen LogP contribution in [0.5, 0.6) is 0 Å². The van der Waals surface area contributed by atoms with E-state index in [1.165, 1.54) is 11.3 Å². The normalized spacial score (nSPS) is 23.9. The number of hydrogen-bond acceptors (Lipinski definition) is 5. The second-order valence-corrected chi connectivity index (χ2v) is 6.75. The summed E-state index contributed by atoms with van der Waals surface area (Å²) in [4.78, 5) is 19.4. The second kappa shape index (κ2) is 4.44. The van der Waals surface area contributed by atoms with E-state index in [-0.39, 0.29) is 16.5 Å². The standard InChI is InChI=1S/C12H12N2O2S2/c1-7-6-13-12(17-7)14-10(15)8(2)18-11(14)9-4-3-5-16-9/h3-6,8,11H,1-2H3. The van der Waals surface area contributed by atoms with Gasteiger partial charge in [-0.05, 0) is 26.0 Å². The SMILES string of the molecule is Cc1cnc(N2C(=O)C(C)SC2c2ccco2)s1. The van der Waals surface area contributed by atoms with E-state index in [0.29, 0.717) is 0 Å². The molecule has 0 saturated carbocycles. The second-order valence-electron chi connectivity index (χ2n) is 4.11. The van der Waals surface area contributed by atoms with Crippen molar-refractivity contribution in [1.29, 1.82) is 0 Å². The molecule has 0 N–H and O–H groups in total. The number of carbonyl (C=O) groups excluding carboxylic acids is 1. The molecule has 0 spiro atoms. The topological polar surface area (TPSA) is 46.3 Å². The monoisotopic (exact) mass is 280 g/mol. The highest BCUT2D eigenvalue weighted by Gasteiger charge is 2.42. The molecule has 3 heterocycles. The summed E-state index contributed by atoms with van der Waals surface area (Å²) in [5.74, 6) is 0.890. The Morgan fingerprint density at radius 3 is 2.94 bits per heavy atom. The Labute approximate surface area is 113 Å². The number of carbonyl (C=O) groups is 1. The van der Waals surface area contributed by atoms with Crippen LogP contribution < -0.4 is 4.90 Å². The van der Waals surface area contributed by atoms with Gasteiger partial charge in [-0.15, -0.1) is 23.1 Å². The molecule has 2 aromatic heterocycles. The van der Waals surface area contributed by atoms with Crippen LogP contribution in [0, 0.1) is 6.92 Å². The molecule has 4 nitrogen and oxygen atoms in total. The summed E-state index contributed by atoms with van der Waals surface area (Å²) in [5, 5.41) is 0.577. The first-order valence-electron chi connectivity index (χ1n) is 5.61. The summed E-state index contributed by atoms with van der Waals surface area (Å²) in [6.45, 7) is 3.91. The van der Waals surface area contributed by atoms with Crippen molar-refractivity contribution in [2.24, 2.45) is 0 Å². The lowest BCUT2D eigenvalue weighted by Crippen LogP contribution is -2.29. The lowest BCUT2D eigenvalue weighted by molar-refractivity contribution is -0.117. The van der Waals surface area contributed by atoms with Crippen molar-refractivity contribution in [2.45, 2.75) is 24.5 Å². The van der Waals surface area contributed by atoms with Crippen LogP contribution in [0.4, 0.5) is 5.13 Å². The van der Waals surface area contributed by atoms with Gasteiger partial charge in [0.05, 0.1) is 11.5 Å². The van der Waals surface area contributed by atoms with Crippen molar-refractivity contribution in [3.05, 3.63) is 35.2 Å². The third kappa shape index (κ3) is 1.85. The molecule has 1 fully saturated rings. The van der Waals surface area contributed by atoms with E-state index in [4.69, 9.17) is 4.42 Å². The van der Waals surface area contributed by atoms with Crippen LogP contribution in [0.25, 0.3) is 0 Å². The van der Waals surface area contributed by atoms with Crippen molar-refractivity contribution in [3.8, 4) is 0 Å². The number of nitrogens with zero attached hydrogens (tertiary/aromatic N) is 2. The minimum Gasteiger partial charge on any atom is -0.466 e. The fraction of sp³-hybridized carbons (Fsp3) is 0.333. The number of anilines is 1. The predicted molar refractivity (Wildman–Crippen MR) is 72.8 cm³/mol. The number of thiazole rings is 1. The minimum atomic E-state index is -0.104. The van der Waals surface area contributed by atoms with Gasteiger partial charge >= 0.3 is 0 Å². The highest BCUT2D eigenvalue weighted by Crippen LogP contribution is 2.46. The van der Waals surface area contributed by atoms with Gasteiger partial charge in [-0.25, -0.2) is 4.98 Å². The molecule has 0 aliphatic carbocycles. The van der Waals surface area contributed by atoms with E-state index in [0.717, 1.165) is 15.8 Å². The zero-order valence-electron chi connectivity index (χ0n) is 9.99. The molecule has 1 aliphatic rings. The van der Waals surface area contributed by atoms with Crippen LogP contribution in [0.2, 0.25) is 0 Å². The maximum atomic E-state index is 12.3. The van der Waals surface area contributed by atoms with Gasteiger partial charge in [0.1, 0.15) is 11.1 Å². The smallest absolute Gasteiger partial charge is 0.243 e. The molecule has 2 unspecified atom stereocenters. The molecule has 1 saturated heterocycles. The van der Waals surface area contributed by atoms with Crippen molar-refractivity contribution < 1.29 is 9.21 Å². The first kappa shape index (κ1) is 11.8. The maximum absolute atomic E-state index is 12.3. The van der Waals surface area contributed by atoms with Crippen LogP contribution in [0.15, 0.2) is 29.0 Å². The number of thioether (sulfide) groups is 1. The Balaban J connectivity index is 2.00. The number of amides is 1. The summed E-state index contributed by atoms with van der Waals surface area (Å²) >= 11 is 3.12. The van der Waals surface area contributed by atoms with Gasteiger partial charge in [0.15, 0.2) is 5.13 Å². The quantitative estimate of drug-likeness (QED) is 0.847. The van der Waals surface area contributed by atoms with Gasteiger partial charge in [-0.3, -0.25) is 9.69 Å². The molecule has 18 heavy (non-hydrogen) atoms. The highest BCUT2D eigenvalue weighted by atomic mass is 32.2. The summed E-state index contributed by atoms with van der Waals surface area (Å²) in [7, 11) is 0. The summed E-state index contributed by atoms with van der Waals surface area (Å²) in [6, 6.07) is 3.74. The lowest BCUT2D eigenvalue weighted by Gasteiger charge is -2.18. The van der Waals surface area contributed by atoms with Gasteiger partial charge in [-0.2, -0.15) is 0 Å². The third-order valence-electron chi connectivity index (χ3n) is 2.75. The molecular formula is C12H12N2O2S2. The van der Waals surface area contributed by atoms with E-state index in [1.54, 1.807) is 29.1 Å². The fourth-order valence-corrected chi connectivity index (χ4v) is 3.97. The molecule has 2 aromatic rings. The van der Waals surface area contributed by atoms with E-state index in [9.17, 15) is 4.79 Å². The Bertz CT molecular complexity index is 564. The Hall–Kier alpha value is -1.27. The first-order chi connectivity index (χ1) is 8.66. The van der Waals surface area contributed by atoms with Gasteiger partial charge < -0.3 is 4.42 Å². The zero-order chi connectivity index (χ0) is 12.7. The fourth-order valence-electron chi connectivity index (χ4n) is 1.90. The molecule has 1 aliphatic heterocycles. The largest absolute Gasteiger partial charge is 0.466 e. The highest BCUT2D eigenvalue weighted by molar-refractivity contribution is 8.01. The molecule has 1 amide bonds. The average molecular weight is 280 g/mol. The molecule has 94 valence electrons. The van der Waals surface area contributed by atoms with Crippen molar-refractivity contribution >= 4 is 34.1 Å². The average Bonchev–Trinajstić information content (AvgIpc) is 3.02. The summed E-state index contributed by atoms with van der Waals surface area (Å²) < 4.78 is 5.43. The Morgan fingerprint density at radius 2 is 2.33 bits per heavy atom. The van der Waals surface area contributed by atoms with E-state index in [2.05, 4.69) is 4.98 Å². The number of aromatic nitrogens is 1. The summed E-state index contributed by atoms with van der Waals surface area (Å²) in [5.41, 5.74) is 0. The minimum absolute atomic E-state index is 0.0655. The number of hydrogen-bond donors (Lipinski definition) is 0. The number of aryl methyl sites for hydroxylation is 1. The molecule has 2 atom stereocenters. The predicted octanol–water partition coefficient (Wildman–Crippen LogP) is 3.21. The van der Waals surface area contributed by atoms with Crippen LogP contribution >= 0.6 is 23.1 Å². The van der Waals surface area contributed by atoms with E-state index < -0.39 is 0 Å². The molecule has 0 bridgehead atoms. The van der Waals surface area contributed by atoms with Crippen LogP contribution in [0.1, 0.15) is 22.9 Å². The lowest BCUT2D eigenvalue weighted by atomic mass is 10.3. The zero-order valence-corrected chi connectivity index (χ0v) is 11.6. The van der Waals surface area contributed by atoms with E-state index >= 15 is 0 Å². The molecule has 0 aromatic carbocycles. The van der Waals surface area contributed by atoms with Crippen molar-refractivity contribution in [1.82, 2.24) is 4.98 Å². The van der Waals surface area contributed by atoms with Crippen molar-refractivity contribution in [3.63, 3.8) is 0 Å². The van der Waals surface area contributed by atoms with Crippen LogP contribution in [0.3, 0.4) is 0 Å². The molecule has 3 rings (SSSR count). The third-order valence-corrected chi connectivity index (χ3v) is 4.98. The van der Waals surface area contributed by atoms with Crippen molar-refractivity contribution in [2.75, 3.05) is 4.90 Å². The Kier molecular flexibility index (Phi) is 2.91. The molecular weight excluding hydrogens is 268 g/mol. The van der Waals surface area contributed by atoms with E-state index in [1.807, 2.05) is 26.0 Å².